The Morgan fingerprint density at radius 3 is 2.51 bits per heavy atom. The van der Waals surface area contributed by atoms with Gasteiger partial charge in [-0.2, -0.15) is 4.31 Å². The van der Waals surface area contributed by atoms with Crippen molar-refractivity contribution in [2.24, 2.45) is 29.6 Å². The van der Waals surface area contributed by atoms with E-state index in [1.165, 1.54) is 16.4 Å². The normalized spacial score (nSPS) is 24.9. The molecule has 1 aliphatic carbocycles. The second-order valence-corrected chi connectivity index (χ2v) is 15.3. The molecule has 1 saturated carbocycles. The molecule has 2 saturated heterocycles. The zero-order valence-corrected chi connectivity index (χ0v) is 27.9. The van der Waals surface area contributed by atoms with Gasteiger partial charge in [-0.15, -0.1) is 0 Å². The molecule has 0 amide bonds. The molecule has 3 aromatic rings. The molecule has 3 aliphatic rings. The molecule has 7 atom stereocenters. The first-order valence-electron chi connectivity index (χ1n) is 16.3. The van der Waals surface area contributed by atoms with E-state index in [0.29, 0.717) is 36.8 Å². The van der Waals surface area contributed by atoms with Crippen LogP contribution < -0.4 is 0 Å². The third kappa shape index (κ3) is 7.63. The van der Waals surface area contributed by atoms with Crippen molar-refractivity contribution in [1.29, 1.82) is 0 Å². The predicted molar refractivity (Wildman–Crippen MR) is 171 cm³/mol. The van der Waals surface area contributed by atoms with Crippen molar-refractivity contribution in [3.8, 4) is 11.3 Å². The van der Waals surface area contributed by atoms with Crippen molar-refractivity contribution in [2.45, 2.75) is 63.1 Å². The van der Waals surface area contributed by atoms with Gasteiger partial charge in [-0.25, -0.2) is 13.4 Å². The molecule has 2 aromatic carbocycles. The Labute approximate surface area is 276 Å². The number of hydrogen-bond acceptors (Lipinski definition) is 10. The maximum absolute atomic E-state index is 14.0. The Kier molecular flexibility index (Phi) is 10.5. The number of oxazole rings is 1. The number of ether oxygens (including phenoxy) is 4. The lowest BCUT2D eigenvalue weighted by Gasteiger charge is -2.31. The highest BCUT2D eigenvalue weighted by Crippen LogP contribution is 2.49. The Morgan fingerprint density at radius 1 is 1.04 bits per heavy atom. The average molecular weight is 669 g/mol. The van der Waals surface area contributed by atoms with Crippen molar-refractivity contribution in [2.75, 3.05) is 33.4 Å². The number of carbonyl (C=O) groups is 1. The van der Waals surface area contributed by atoms with Crippen LogP contribution in [0.25, 0.3) is 11.3 Å². The van der Waals surface area contributed by atoms with Crippen molar-refractivity contribution in [3.63, 3.8) is 0 Å². The van der Waals surface area contributed by atoms with Gasteiger partial charge in [-0.1, -0.05) is 44.2 Å². The Bertz CT molecular complexity index is 1590. The van der Waals surface area contributed by atoms with Crippen LogP contribution in [0.15, 0.2) is 70.1 Å². The second kappa shape index (κ2) is 14.6. The van der Waals surface area contributed by atoms with Gasteiger partial charge in [0.25, 0.3) is 0 Å². The molecular weight excluding hydrogens is 624 g/mol. The third-order valence-corrected chi connectivity index (χ3v) is 11.3. The van der Waals surface area contributed by atoms with Crippen LogP contribution in [-0.2, 0) is 46.8 Å². The first-order valence-corrected chi connectivity index (χ1v) is 17.7. The van der Waals surface area contributed by atoms with E-state index in [1.54, 1.807) is 25.4 Å². The van der Waals surface area contributed by atoms with Crippen LogP contribution in [0.4, 0.5) is 0 Å². The largest absolute Gasteiger partial charge is 0.462 e. The number of sulfonamides is 1. The minimum Gasteiger partial charge on any atom is -0.462 e. The third-order valence-electron chi connectivity index (χ3n) is 9.43. The summed E-state index contributed by atoms with van der Waals surface area (Å²) in [7, 11) is -2.45. The quantitative estimate of drug-likeness (QED) is 0.234. The van der Waals surface area contributed by atoms with Gasteiger partial charge in [0.1, 0.15) is 12.7 Å². The lowest BCUT2D eigenvalue weighted by atomic mass is 9.90. The maximum Gasteiger partial charge on any atom is 0.306 e. The standard InChI is InChI=1S/C35H44N2O9S/c1-22(2)17-37(47(40,41)27-11-9-24(10-12-27)31-16-36-32(45-31)21-42-3)18-30(38)25(13-23-7-5-4-6-8-23)15-33(39)46-34-26-14-28-29(34)20-44-35(28)43-19-26/h4-12,16,22,25-26,28-30,34-35,38H,13-15,17-21H2,1-3H3/t25-,26-,28?,29?,30-,34?,35?/m1/s1. The molecule has 2 aliphatic heterocycles. The zero-order valence-electron chi connectivity index (χ0n) is 27.1. The summed E-state index contributed by atoms with van der Waals surface area (Å²) in [6.45, 7) is 5.12. The highest BCUT2D eigenvalue weighted by atomic mass is 32.2. The summed E-state index contributed by atoms with van der Waals surface area (Å²) in [6.07, 6.45) is 1.20. The maximum atomic E-state index is 14.0. The molecule has 47 heavy (non-hydrogen) atoms. The van der Waals surface area contributed by atoms with E-state index in [-0.39, 0.29) is 67.1 Å². The van der Waals surface area contributed by atoms with Crippen molar-refractivity contribution < 1.29 is 41.7 Å². The molecular formula is C35H44N2O9S. The topological polar surface area (TPSA) is 138 Å². The summed E-state index contributed by atoms with van der Waals surface area (Å²) < 4.78 is 57.7. The highest BCUT2D eigenvalue weighted by Gasteiger charge is 2.56. The van der Waals surface area contributed by atoms with Gasteiger partial charge in [0.15, 0.2) is 12.1 Å². The molecule has 1 aromatic heterocycles. The van der Waals surface area contributed by atoms with Crippen molar-refractivity contribution in [1.82, 2.24) is 9.29 Å². The summed E-state index contributed by atoms with van der Waals surface area (Å²) in [5.74, 6) is 0.430. The number of carbonyl (C=O) groups excluding carboxylic acids is 1. The fraction of sp³-hybridized carbons (Fsp3) is 0.543. The Morgan fingerprint density at radius 2 is 1.79 bits per heavy atom. The van der Waals surface area contributed by atoms with Crippen LogP contribution in [0.2, 0.25) is 0 Å². The van der Waals surface area contributed by atoms with Crippen LogP contribution in [0.3, 0.4) is 0 Å². The summed E-state index contributed by atoms with van der Waals surface area (Å²) in [5, 5.41) is 11.7. The van der Waals surface area contributed by atoms with E-state index in [9.17, 15) is 18.3 Å². The summed E-state index contributed by atoms with van der Waals surface area (Å²) in [5.41, 5.74) is 1.62. The minimum atomic E-state index is -4.00. The summed E-state index contributed by atoms with van der Waals surface area (Å²) in [4.78, 5) is 17.7. The van der Waals surface area contributed by atoms with Gasteiger partial charge < -0.3 is 28.5 Å². The number of aromatic nitrogens is 1. The molecule has 12 heteroatoms. The monoisotopic (exact) mass is 668 g/mol. The predicted octanol–water partition coefficient (Wildman–Crippen LogP) is 4.30. The molecule has 0 radical (unpaired) electrons. The second-order valence-electron chi connectivity index (χ2n) is 13.3. The molecule has 3 fully saturated rings. The number of hydrogen-bond donors (Lipinski definition) is 1. The molecule has 3 heterocycles. The average Bonchev–Trinajstić information content (AvgIpc) is 3.76. The number of fused-ring (bicyclic) bond motifs is 1. The van der Waals surface area contributed by atoms with Crippen LogP contribution in [-0.4, -0.2) is 80.7 Å². The first-order chi connectivity index (χ1) is 22.6. The summed E-state index contributed by atoms with van der Waals surface area (Å²) >= 11 is 0. The number of methoxy groups -OCH3 is 1. The summed E-state index contributed by atoms with van der Waals surface area (Å²) in [6, 6.07) is 16.0. The minimum absolute atomic E-state index is 0.0106. The molecule has 6 rings (SSSR count). The SMILES string of the molecule is COCc1ncc(-c2ccc(S(=O)(=O)N(CC(C)C)C[C@@H](O)[C@@H](CC(=O)OC3C4COC5OC[C@H]3CC54)Cc3ccccc3)cc2)o1. The smallest absolute Gasteiger partial charge is 0.306 e. The molecule has 1 N–H and O–H groups in total. The number of rotatable bonds is 15. The van der Waals surface area contributed by atoms with E-state index >= 15 is 0 Å². The van der Waals surface area contributed by atoms with Crippen LogP contribution in [0.1, 0.15) is 38.1 Å². The highest BCUT2D eigenvalue weighted by molar-refractivity contribution is 7.89. The van der Waals surface area contributed by atoms with Gasteiger partial charge in [0.05, 0.1) is 36.8 Å². The van der Waals surface area contributed by atoms with Gasteiger partial charge in [-0.05, 0) is 48.6 Å². The lowest BCUT2D eigenvalue weighted by molar-refractivity contribution is -0.178. The van der Waals surface area contributed by atoms with Crippen LogP contribution >= 0.6 is 0 Å². The Hall–Kier alpha value is -3.13. The number of nitrogens with zero attached hydrogens (tertiary/aromatic N) is 2. The van der Waals surface area contributed by atoms with E-state index < -0.39 is 28.0 Å². The molecule has 2 bridgehead atoms. The molecule has 254 valence electrons. The van der Waals surface area contributed by atoms with Gasteiger partial charge in [0, 0.05) is 49.4 Å². The van der Waals surface area contributed by atoms with Gasteiger partial charge in [-0.3, -0.25) is 4.79 Å². The van der Waals surface area contributed by atoms with Gasteiger partial charge >= 0.3 is 5.97 Å². The molecule has 11 nitrogen and oxygen atoms in total. The molecule has 4 unspecified atom stereocenters. The first kappa shape index (κ1) is 33.8. The molecule has 0 spiro atoms. The lowest BCUT2D eigenvalue weighted by Crippen LogP contribution is -2.43. The number of benzene rings is 2. The van der Waals surface area contributed by atoms with Crippen molar-refractivity contribution >= 4 is 16.0 Å². The van der Waals surface area contributed by atoms with Crippen LogP contribution in [0, 0.1) is 29.6 Å². The van der Waals surface area contributed by atoms with Crippen molar-refractivity contribution in [3.05, 3.63) is 72.2 Å². The number of esters is 1. The number of aliphatic hydroxyl groups excluding tert-OH is 1. The Balaban J connectivity index is 1.18. The fourth-order valence-electron chi connectivity index (χ4n) is 7.13. The van der Waals surface area contributed by atoms with Crippen LogP contribution in [0.5, 0.6) is 0 Å². The van der Waals surface area contributed by atoms with E-state index in [1.807, 2.05) is 44.2 Å². The fourth-order valence-corrected chi connectivity index (χ4v) is 8.76. The van der Waals surface area contributed by atoms with E-state index in [2.05, 4.69) is 4.98 Å². The number of aliphatic hydroxyl groups is 1. The van der Waals surface area contributed by atoms with E-state index in [0.717, 1.165) is 12.0 Å². The zero-order chi connectivity index (χ0) is 33.1. The van der Waals surface area contributed by atoms with Gasteiger partial charge in [0.2, 0.25) is 15.9 Å². The van der Waals surface area contributed by atoms with E-state index in [4.69, 9.17) is 23.4 Å².